The lowest BCUT2D eigenvalue weighted by atomic mass is 9.89. The summed E-state index contributed by atoms with van der Waals surface area (Å²) < 4.78 is 19.5. The van der Waals surface area contributed by atoms with Crippen molar-refractivity contribution in [2.45, 2.75) is 38.3 Å². The molecule has 0 spiro atoms. The van der Waals surface area contributed by atoms with E-state index in [0.717, 1.165) is 18.4 Å². The van der Waals surface area contributed by atoms with Gasteiger partial charge in [-0.2, -0.15) is 0 Å². The van der Waals surface area contributed by atoms with Gasteiger partial charge in [0.15, 0.2) is 0 Å². The molecule has 0 saturated carbocycles. The first-order valence-corrected chi connectivity index (χ1v) is 10.7. The maximum absolute atomic E-state index is 14.0. The number of hydrogen-bond acceptors (Lipinski definition) is 4. The molecule has 3 atom stereocenters. The third-order valence-corrected chi connectivity index (χ3v) is 6.27. The van der Waals surface area contributed by atoms with Gasteiger partial charge in [0.25, 0.3) is 11.8 Å². The van der Waals surface area contributed by atoms with Crippen molar-refractivity contribution in [2.24, 2.45) is 5.92 Å². The third-order valence-electron chi connectivity index (χ3n) is 6.27. The molecular weight excluding hydrogens is 399 g/mol. The van der Waals surface area contributed by atoms with Gasteiger partial charge in [-0.25, -0.2) is 4.39 Å². The van der Waals surface area contributed by atoms with Crippen LogP contribution >= 0.6 is 0 Å². The zero-order chi connectivity index (χ0) is 22.0. The molecule has 0 aromatic heterocycles. The van der Waals surface area contributed by atoms with Crippen LogP contribution in [-0.4, -0.2) is 53.7 Å². The van der Waals surface area contributed by atoms with E-state index in [-0.39, 0.29) is 23.4 Å². The van der Waals surface area contributed by atoms with Gasteiger partial charge in [0.05, 0.1) is 18.3 Å². The number of benzene rings is 2. The number of aryl methyl sites for hydroxylation is 1. The number of halogens is 1. The Labute approximate surface area is 181 Å². The van der Waals surface area contributed by atoms with Crippen molar-refractivity contribution in [1.29, 1.82) is 0 Å². The number of likely N-dealkylation sites (tertiary alicyclic amines) is 1. The number of amides is 2. The lowest BCUT2D eigenvalue weighted by Crippen LogP contribution is -2.48. The van der Waals surface area contributed by atoms with Crippen LogP contribution in [0.3, 0.4) is 0 Å². The zero-order valence-electron chi connectivity index (χ0n) is 17.5. The quantitative estimate of drug-likeness (QED) is 0.786. The molecule has 2 fully saturated rings. The predicted octanol–water partition coefficient (Wildman–Crippen LogP) is 3.39. The molecule has 0 bridgehead atoms. The highest BCUT2D eigenvalue weighted by Gasteiger charge is 2.39. The van der Waals surface area contributed by atoms with E-state index in [4.69, 9.17) is 4.74 Å². The summed E-state index contributed by atoms with van der Waals surface area (Å²) in [4.78, 5) is 27.7. The number of carbonyl (C=O) groups excluding carboxylic acids is 2. The van der Waals surface area contributed by atoms with Gasteiger partial charge in [-0.15, -0.1) is 0 Å². The molecule has 4 rings (SSSR count). The van der Waals surface area contributed by atoms with E-state index >= 15 is 0 Å². The van der Waals surface area contributed by atoms with E-state index in [1.54, 1.807) is 24.3 Å². The lowest BCUT2D eigenvalue weighted by molar-refractivity contribution is -0.0589. The molecule has 6 nitrogen and oxygen atoms in total. The Balaban J connectivity index is 1.54. The lowest BCUT2D eigenvalue weighted by Gasteiger charge is -2.37. The maximum atomic E-state index is 14.0. The first-order chi connectivity index (χ1) is 15.0. The number of rotatable bonds is 4. The standard InChI is InChI=1S/C24H27FN2O4/c1-15-8-9-16(13-20(15)26-23(29)17-5-2-3-6-19(17)25)24(30)27-11-4-7-21(27)18-14-31-12-10-22(18)28/h2-3,5-6,8-9,13,18,21-22,28H,4,7,10-12,14H2,1H3,(H,26,29)/t18-,21-,22-/m1/s1. The molecular formula is C24H27FN2O4. The van der Waals surface area contributed by atoms with Crippen LogP contribution in [0.5, 0.6) is 0 Å². The van der Waals surface area contributed by atoms with E-state index in [1.807, 2.05) is 11.8 Å². The molecule has 31 heavy (non-hydrogen) atoms. The molecule has 0 unspecified atom stereocenters. The average molecular weight is 426 g/mol. The zero-order valence-corrected chi connectivity index (χ0v) is 17.5. The number of hydrogen-bond donors (Lipinski definition) is 2. The smallest absolute Gasteiger partial charge is 0.258 e. The van der Waals surface area contributed by atoms with Crippen molar-refractivity contribution in [3.63, 3.8) is 0 Å². The van der Waals surface area contributed by atoms with E-state index < -0.39 is 17.8 Å². The summed E-state index contributed by atoms with van der Waals surface area (Å²) in [6.45, 7) is 3.44. The molecule has 0 radical (unpaired) electrons. The normalized spacial score (nSPS) is 23.6. The van der Waals surface area contributed by atoms with Crippen LogP contribution in [0.1, 0.15) is 45.5 Å². The highest BCUT2D eigenvalue weighted by Crippen LogP contribution is 2.31. The summed E-state index contributed by atoms with van der Waals surface area (Å²) in [5, 5.41) is 13.1. The summed E-state index contributed by atoms with van der Waals surface area (Å²) >= 11 is 0. The van der Waals surface area contributed by atoms with Crippen LogP contribution < -0.4 is 5.32 Å². The Morgan fingerprint density at radius 3 is 2.77 bits per heavy atom. The van der Waals surface area contributed by atoms with Crippen LogP contribution in [0.15, 0.2) is 42.5 Å². The predicted molar refractivity (Wildman–Crippen MR) is 115 cm³/mol. The second-order valence-corrected chi connectivity index (χ2v) is 8.27. The molecule has 164 valence electrons. The monoisotopic (exact) mass is 426 g/mol. The maximum Gasteiger partial charge on any atom is 0.258 e. The third kappa shape index (κ3) is 4.48. The van der Waals surface area contributed by atoms with Gasteiger partial charge in [-0.1, -0.05) is 18.2 Å². The van der Waals surface area contributed by atoms with Gasteiger partial charge in [0, 0.05) is 36.4 Å². The summed E-state index contributed by atoms with van der Waals surface area (Å²) in [5.41, 5.74) is 1.64. The van der Waals surface area contributed by atoms with Gasteiger partial charge in [-0.3, -0.25) is 9.59 Å². The largest absolute Gasteiger partial charge is 0.393 e. The van der Waals surface area contributed by atoms with Crippen molar-refractivity contribution in [1.82, 2.24) is 4.90 Å². The van der Waals surface area contributed by atoms with Gasteiger partial charge in [0.1, 0.15) is 5.82 Å². The van der Waals surface area contributed by atoms with Crippen LogP contribution in [-0.2, 0) is 4.74 Å². The molecule has 2 N–H and O–H groups in total. The summed E-state index contributed by atoms with van der Waals surface area (Å²) in [6, 6.07) is 10.9. The molecule has 7 heteroatoms. The van der Waals surface area contributed by atoms with Crippen molar-refractivity contribution in [2.75, 3.05) is 25.1 Å². The number of aliphatic hydroxyl groups excluding tert-OH is 1. The van der Waals surface area contributed by atoms with Gasteiger partial charge in [0.2, 0.25) is 0 Å². The molecule has 2 aliphatic rings. The SMILES string of the molecule is Cc1ccc(C(=O)N2CCC[C@@H]2[C@H]2COCC[C@H]2O)cc1NC(=O)c1ccccc1F. The van der Waals surface area contributed by atoms with E-state index in [0.29, 0.717) is 37.4 Å². The molecule has 0 aliphatic carbocycles. The van der Waals surface area contributed by atoms with Crippen LogP contribution in [0, 0.1) is 18.7 Å². The second-order valence-electron chi connectivity index (χ2n) is 8.27. The number of nitrogens with one attached hydrogen (secondary N) is 1. The van der Waals surface area contributed by atoms with E-state index in [2.05, 4.69) is 5.32 Å². The molecule has 2 aliphatic heterocycles. The van der Waals surface area contributed by atoms with Crippen molar-refractivity contribution in [3.8, 4) is 0 Å². The fourth-order valence-electron chi connectivity index (χ4n) is 4.50. The Morgan fingerprint density at radius 1 is 1.19 bits per heavy atom. The molecule has 2 aromatic rings. The minimum atomic E-state index is -0.599. The molecule has 2 aromatic carbocycles. The topological polar surface area (TPSA) is 78.9 Å². The number of anilines is 1. The number of ether oxygens (including phenoxy) is 1. The first kappa shape index (κ1) is 21.5. The van der Waals surface area contributed by atoms with Gasteiger partial charge >= 0.3 is 0 Å². The Hall–Kier alpha value is -2.77. The van der Waals surface area contributed by atoms with Crippen LogP contribution in [0.25, 0.3) is 0 Å². The van der Waals surface area contributed by atoms with Gasteiger partial charge < -0.3 is 20.1 Å². The Bertz CT molecular complexity index is 980. The molecule has 2 amide bonds. The molecule has 2 saturated heterocycles. The van der Waals surface area contributed by atoms with Crippen molar-refractivity contribution >= 4 is 17.5 Å². The van der Waals surface area contributed by atoms with Crippen molar-refractivity contribution < 1.29 is 23.8 Å². The highest BCUT2D eigenvalue weighted by molar-refractivity contribution is 6.05. The fourth-order valence-corrected chi connectivity index (χ4v) is 4.50. The fraction of sp³-hybridized carbons (Fsp3) is 0.417. The number of aliphatic hydroxyl groups is 1. The number of nitrogens with zero attached hydrogens (tertiary/aromatic N) is 1. The minimum Gasteiger partial charge on any atom is -0.393 e. The minimum absolute atomic E-state index is 0.0514. The van der Waals surface area contributed by atoms with E-state index in [1.165, 1.54) is 18.2 Å². The number of carbonyl (C=O) groups is 2. The van der Waals surface area contributed by atoms with Crippen LogP contribution in [0.4, 0.5) is 10.1 Å². The van der Waals surface area contributed by atoms with Crippen molar-refractivity contribution in [3.05, 3.63) is 65.0 Å². The summed E-state index contributed by atoms with van der Waals surface area (Å²) in [6.07, 6.45) is 1.82. The Kier molecular flexibility index (Phi) is 6.34. The highest BCUT2D eigenvalue weighted by atomic mass is 19.1. The van der Waals surface area contributed by atoms with Crippen LogP contribution in [0.2, 0.25) is 0 Å². The average Bonchev–Trinajstić information content (AvgIpc) is 3.25. The van der Waals surface area contributed by atoms with Gasteiger partial charge in [-0.05, 0) is 56.0 Å². The van der Waals surface area contributed by atoms with E-state index in [9.17, 15) is 19.1 Å². The molecule has 2 heterocycles. The summed E-state index contributed by atoms with van der Waals surface area (Å²) in [5.74, 6) is -1.39. The second kappa shape index (κ2) is 9.16. The first-order valence-electron chi connectivity index (χ1n) is 10.7. The Morgan fingerprint density at radius 2 is 2.00 bits per heavy atom. The summed E-state index contributed by atoms with van der Waals surface area (Å²) in [7, 11) is 0.